The van der Waals surface area contributed by atoms with Gasteiger partial charge in [0.05, 0.1) is 15.7 Å². The summed E-state index contributed by atoms with van der Waals surface area (Å²) in [6, 6.07) is 2.83. The second-order valence-corrected chi connectivity index (χ2v) is 8.76. The summed E-state index contributed by atoms with van der Waals surface area (Å²) in [6.07, 6.45) is 0. The van der Waals surface area contributed by atoms with Gasteiger partial charge in [0.25, 0.3) is 21.0 Å². The summed E-state index contributed by atoms with van der Waals surface area (Å²) in [4.78, 5) is 7.69. The normalized spacial score (nSPS) is 11.9. The molecule has 3 aromatic rings. The number of rotatable bonds is 3. The molecule has 0 aliphatic heterocycles. The fraction of sp³-hybridized carbons (Fsp3) is 0.0833. The molecule has 0 unspecified atom stereocenters. The molecule has 132 valence electrons. The lowest BCUT2D eigenvalue weighted by Crippen LogP contribution is -2.15. The molecule has 25 heavy (non-hydrogen) atoms. The minimum atomic E-state index is -4.20. The van der Waals surface area contributed by atoms with Crippen molar-refractivity contribution < 1.29 is 8.42 Å². The van der Waals surface area contributed by atoms with Crippen LogP contribution >= 0.6 is 62.3 Å². The van der Waals surface area contributed by atoms with Crippen molar-refractivity contribution in [3.8, 4) is 0 Å². The number of halogens is 5. The van der Waals surface area contributed by atoms with Crippen LogP contribution in [0.3, 0.4) is 0 Å². The van der Waals surface area contributed by atoms with Crippen LogP contribution in [0.2, 0.25) is 20.4 Å². The Hall–Kier alpha value is -0.840. The van der Waals surface area contributed by atoms with Gasteiger partial charge in [0.15, 0.2) is 0 Å². The summed E-state index contributed by atoms with van der Waals surface area (Å²) in [5.41, 5.74) is 0.628. The van der Waals surface area contributed by atoms with Crippen molar-refractivity contribution in [2.75, 3.05) is 4.72 Å². The summed E-state index contributed by atoms with van der Waals surface area (Å²) >= 11 is 27.3. The molecule has 0 saturated carbocycles. The molecule has 0 atom stereocenters. The van der Waals surface area contributed by atoms with Gasteiger partial charge in [0.1, 0.15) is 10.3 Å². The fourth-order valence-electron chi connectivity index (χ4n) is 1.86. The maximum atomic E-state index is 12.6. The third-order valence-electron chi connectivity index (χ3n) is 3.09. The van der Waals surface area contributed by atoms with Gasteiger partial charge in [-0.1, -0.05) is 62.3 Å². The largest absolute Gasteiger partial charge is 0.299 e. The Balaban J connectivity index is 2.10. The van der Waals surface area contributed by atoms with Gasteiger partial charge < -0.3 is 0 Å². The number of sulfonamides is 1. The van der Waals surface area contributed by atoms with Crippen LogP contribution in [0.1, 0.15) is 5.56 Å². The predicted octanol–water partition coefficient (Wildman–Crippen LogP) is 4.61. The van der Waals surface area contributed by atoms with Gasteiger partial charge in [-0.05, 0) is 18.6 Å². The summed E-state index contributed by atoms with van der Waals surface area (Å²) < 4.78 is 29.1. The number of nitrogens with one attached hydrogen (secondary N) is 1. The van der Waals surface area contributed by atoms with E-state index in [0.717, 1.165) is 4.52 Å². The Morgan fingerprint density at radius 1 is 1.16 bits per heavy atom. The van der Waals surface area contributed by atoms with Gasteiger partial charge >= 0.3 is 0 Å². The quantitative estimate of drug-likeness (QED) is 0.525. The van der Waals surface area contributed by atoms with Gasteiger partial charge in [-0.2, -0.15) is 22.9 Å². The van der Waals surface area contributed by atoms with Crippen molar-refractivity contribution in [3.05, 3.63) is 42.5 Å². The maximum Gasteiger partial charge on any atom is 0.299 e. The van der Waals surface area contributed by atoms with E-state index in [9.17, 15) is 8.42 Å². The number of aromatic nitrogens is 4. The molecule has 0 aliphatic carbocycles. The Morgan fingerprint density at radius 2 is 1.84 bits per heavy atom. The van der Waals surface area contributed by atoms with Crippen molar-refractivity contribution >= 4 is 83.8 Å². The molecule has 1 aromatic carbocycles. The van der Waals surface area contributed by atoms with E-state index in [1.807, 2.05) is 0 Å². The zero-order valence-corrected chi connectivity index (χ0v) is 17.5. The molecule has 3 rings (SSSR count). The Kier molecular flexibility index (Phi) is 5.08. The van der Waals surface area contributed by atoms with E-state index < -0.39 is 15.2 Å². The molecule has 0 bridgehead atoms. The third kappa shape index (κ3) is 3.54. The molecule has 0 fully saturated rings. The van der Waals surface area contributed by atoms with Crippen molar-refractivity contribution in [1.82, 2.24) is 19.6 Å². The van der Waals surface area contributed by atoms with E-state index in [1.165, 1.54) is 12.1 Å². The second kappa shape index (κ2) is 6.71. The van der Waals surface area contributed by atoms with Gasteiger partial charge in [0, 0.05) is 10.5 Å². The van der Waals surface area contributed by atoms with Gasteiger partial charge in [0.2, 0.25) is 0 Å². The molecule has 0 amide bonds. The Morgan fingerprint density at radius 3 is 2.52 bits per heavy atom. The fourth-order valence-corrected chi connectivity index (χ4v) is 4.61. The van der Waals surface area contributed by atoms with Crippen molar-refractivity contribution in [1.29, 1.82) is 0 Å². The first-order chi connectivity index (χ1) is 11.6. The minimum absolute atomic E-state index is 0.0139. The number of benzene rings is 1. The molecule has 0 spiro atoms. The molecule has 0 radical (unpaired) electrons. The van der Waals surface area contributed by atoms with Crippen LogP contribution in [0.4, 0.5) is 5.69 Å². The summed E-state index contributed by atoms with van der Waals surface area (Å²) in [7, 11) is -4.20. The highest BCUT2D eigenvalue weighted by molar-refractivity contribution is 9.10. The predicted molar refractivity (Wildman–Crippen MR) is 101 cm³/mol. The lowest BCUT2D eigenvalue weighted by molar-refractivity contribution is 0.592. The monoisotopic (exact) mass is 503 g/mol. The van der Waals surface area contributed by atoms with Crippen molar-refractivity contribution in [2.24, 2.45) is 0 Å². The highest BCUT2D eigenvalue weighted by atomic mass is 79.9. The highest BCUT2D eigenvalue weighted by Crippen LogP contribution is 2.38. The SMILES string of the molecule is Cc1c(Br)cc(Cl)c(NS(=O)(=O)c2nc3nc(Cl)cc(Cl)n3n2)c1Cl. The molecule has 13 heteroatoms. The van der Waals surface area contributed by atoms with Gasteiger partial charge in [-0.15, -0.1) is 5.10 Å². The number of hydrogen-bond acceptors (Lipinski definition) is 5. The second-order valence-electron chi connectivity index (χ2n) is 4.77. The van der Waals surface area contributed by atoms with Crippen LogP contribution in [0, 0.1) is 6.92 Å². The zero-order chi connectivity index (χ0) is 18.5. The van der Waals surface area contributed by atoms with E-state index >= 15 is 0 Å². The lowest BCUT2D eigenvalue weighted by atomic mass is 10.2. The topological polar surface area (TPSA) is 89.2 Å². The van der Waals surface area contributed by atoms with E-state index in [2.05, 4.69) is 35.7 Å². The van der Waals surface area contributed by atoms with Crippen LogP contribution in [-0.4, -0.2) is 28.0 Å². The minimum Gasteiger partial charge on any atom is -0.274 e. The standard InChI is InChI=1S/C12H6BrCl4N5O2S/c1-4-5(13)2-6(14)10(9(4)17)21-25(23,24)12-19-11-18-7(15)3-8(16)22(11)20-12/h2-3,21H,1H3. The molecule has 1 N–H and O–H groups in total. The summed E-state index contributed by atoms with van der Waals surface area (Å²) in [5.74, 6) is -0.0675. The van der Waals surface area contributed by atoms with E-state index in [0.29, 0.717) is 10.0 Å². The molecule has 2 heterocycles. The maximum absolute atomic E-state index is 12.6. The van der Waals surface area contributed by atoms with Crippen molar-refractivity contribution in [3.63, 3.8) is 0 Å². The smallest absolute Gasteiger partial charge is 0.274 e. The van der Waals surface area contributed by atoms with Crippen LogP contribution in [-0.2, 0) is 10.0 Å². The summed E-state index contributed by atoms with van der Waals surface area (Å²) in [6.45, 7) is 1.70. The van der Waals surface area contributed by atoms with Crippen LogP contribution in [0.5, 0.6) is 0 Å². The molecule has 0 saturated heterocycles. The third-order valence-corrected chi connectivity index (χ3v) is 6.28. The average Bonchev–Trinajstić information content (AvgIpc) is 2.95. The molecule has 0 aliphatic rings. The lowest BCUT2D eigenvalue weighted by Gasteiger charge is -2.12. The number of fused-ring (bicyclic) bond motifs is 1. The zero-order valence-electron chi connectivity index (χ0n) is 12.1. The van der Waals surface area contributed by atoms with E-state index in [1.54, 1.807) is 6.92 Å². The molecule has 2 aromatic heterocycles. The first-order valence-electron chi connectivity index (χ1n) is 6.36. The Labute approximate surface area is 170 Å². The van der Waals surface area contributed by atoms with Crippen molar-refractivity contribution in [2.45, 2.75) is 12.1 Å². The van der Waals surface area contributed by atoms with E-state index in [4.69, 9.17) is 46.4 Å². The molecule has 7 nitrogen and oxygen atoms in total. The van der Waals surface area contributed by atoms with Crippen LogP contribution in [0.15, 0.2) is 21.8 Å². The first kappa shape index (κ1) is 18.9. The van der Waals surface area contributed by atoms with E-state index in [-0.39, 0.29) is 31.8 Å². The Bertz CT molecular complexity index is 1120. The molecular weight excluding hydrogens is 500 g/mol. The van der Waals surface area contributed by atoms with Crippen LogP contribution in [0.25, 0.3) is 5.78 Å². The average molecular weight is 506 g/mol. The number of anilines is 1. The van der Waals surface area contributed by atoms with Gasteiger partial charge in [-0.3, -0.25) is 4.72 Å². The first-order valence-corrected chi connectivity index (χ1v) is 10.1. The molecular formula is C12H6BrCl4N5O2S. The summed E-state index contributed by atoms with van der Waals surface area (Å²) in [5, 5.41) is 3.63. The van der Waals surface area contributed by atoms with Gasteiger partial charge in [-0.25, -0.2) is 0 Å². The highest BCUT2D eigenvalue weighted by Gasteiger charge is 2.25. The number of nitrogens with zero attached hydrogens (tertiary/aromatic N) is 4. The van der Waals surface area contributed by atoms with Crippen LogP contribution < -0.4 is 4.72 Å². The number of hydrogen-bond donors (Lipinski definition) is 1.